The summed E-state index contributed by atoms with van der Waals surface area (Å²) in [4.78, 5) is 11.2. The van der Waals surface area contributed by atoms with Crippen LogP contribution in [0.4, 0.5) is 0 Å². The quantitative estimate of drug-likeness (QED) is 0.789. The predicted molar refractivity (Wildman–Crippen MR) is 64.7 cm³/mol. The van der Waals surface area contributed by atoms with E-state index in [2.05, 4.69) is 4.74 Å². The molecule has 6 heteroatoms. The third kappa shape index (κ3) is 3.44. The van der Waals surface area contributed by atoms with Gasteiger partial charge in [-0.05, 0) is 12.1 Å². The molecule has 1 rings (SSSR count). The normalized spacial score (nSPS) is 13.1. The van der Waals surface area contributed by atoms with E-state index < -0.39 is 21.7 Å². The lowest BCUT2D eigenvalue weighted by Crippen LogP contribution is -2.22. The Kier molecular flexibility index (Phi) is 4.54. The lowest BCUT2D eigenvalue weighted by atomic mass is 10.2. The van der Waals surface area contributed by atoms with E-state index in [1.807, 2.05) is 0 Å². The van der Waals surface area contributed by atoms with Crippen LogP contribution in [-0.4, -0.2) is 27.2 Å². The van der Waals surface area contributed by atoms with Crippen molar-refractivity contribution >= 4 is 27.4 Å². The van der Waals surface area contributed by atoms with Gasteiger partial charge >= 0.3 is 5.97 Å². The average molecular weight is 277 g/mol. The van der Waals surface area contributed by atoms with Crippen LogP contribution in [0.1, 0.15) is 6.92 Å². The van der Waals surface area contributed by atoms with Gasteiger partial charge in [-0.2, -0.15) is 0 Å². The van der Waals surface area contributed by atoms with Crippen molar-refractivity contribution in [2.75, 3.05) is 12.9 Å². The van der Waals surface area contributed by atoms with Crippen LogP contribution in [-0.2, 0) is 19.4 Å². The zero-order valence-corrected chi connectivity index (χ0v) is 11.1. The van der Waals surface area contributed by atoms with E-state index in [9.17, 15) is 13.2 Å². The minimum absolute atomic E-state index is 0.0393. The SMILES string of the molecule is COC(=O)C(C)CS(=O)(=O)c1ccccc1Cl. The lowest BCUT2D eigenvalue weighted by Gasteiger charge is -2.10. The topological polar surface area (TPSA) is 60.4 Å². The summed E-state index contributed by atoms with van der Waals surface area (Å²) in [6, 6.07) is 6.14. The zero-order chi connectivity index (χ0) is 13.1. The van der Waals surface area contributed by atoms with Gasteiger partial charge in [-0.25, -0.2) is 8.42 Å². The van der Waals surface area contributed by atoms with E-state index in [4.69, 9.17) is 11.6 Å². The molecule has 0 aliphatic carbocycles. The van der Waals surface area contributed by atoms with Crippen molar-refractivity contribution in [3.8, 4) is 0 Å². The molecule has 17 heavy (non-hydrogen) atoms. The summed E-state index contributed by atoms with van der Waals surface area (Å²) in [5, 5.41) is 0.157. The van der Waals surface area contributed by atoms with Crippen molar-refractivity contribution in [1.82, 2.24) is 0 Å². The number of rotatable bonds is 4. The van der Waals surface area contributed by atoms with Gasteiger partial charge in [0.15, 0.2) is 9.84 Å². The molecule has 0 heterocycles. The van der Waals surface area contributed by atoms with Crippen LogP contribution in [0.2, 0.25) is 5.02 Å². The molecule has 1 aromatic carbocycles. The number of carbonyl (C=O) groups excluding carboxylic acids is 1. The van der Waals surface area contributed by atoms with Crippen LogP contribution in [0.3, 0.4) is 0 Å². The summed E-state index contributed by atoms with van der Waals surface area (Å²) < 4.78 is 28.5. The largest absolute Gasteiger partial charge is 0.469 e. The molecule has 0 amide bonds. The molecular formula is C11H13ClO4S. The van der Waals surface area contributed by atoms with E-state index in [-0.39, 0.29) is 15.7 Å². The number of esters is 1. The summed E-state index contributed by atoms with van der Waals surface area (Å²) in [6.45, 7) is 1.50. The standard InChI is InChI=1S/C11H13ClO4S/c1-8(11(13)16-2)7-17(14,15)10-6-4-3-5-9(10)12/h3-6,8H,7H2,1-2H3. The highest BCUT2D eigenvalue weighted by Gasteiger charge is 2.25. The molecule has 1 unspecified atom stereocenters. The fourth-order valence-corrected chi connectivity index (χ4v) is 3.50. The maximum atomic E-state index is 12.0. The molecule has 4 nitrogen and oxygen atoms in total. The molecule has 0 radical (unpaired) electrons. The second kappa shape index (κ2) is 5.51. The maximum Gasteiger partial charge on any atom is 0.309 e. The Hall–Kier alpha value is -1.07. The summed E-state index contributed by atoms with van der Waals surface area (Å²) in [5.74, 6) is -1.59. The average Bonchev–Trinajstić information content (AvgIpc) is 2.27. The number of hydrogen-bond donors (Lipinski definition) is 0. The first kappa shape index (κ1) is 14.0. The number of ether oxygens (including phenoxy) is 1. The number of methoxy groups -OCH3 is 1. The van der Waals surface area contributed by atoms with Crippen molar-refractivity contribution in [1.29, 1.82) is 0 Å². The van der Waals surface area contributed by atoms with E-state index >= 15 is 0 Å². The highest BCUT2D eigenvalue weighted by atomic mass is 35.5. The highest BCUT2D eigenvalue weighted by molar-refractivity contribution is 7.91. The molecule has 0 aromatic heterocycles. The number of hydrogen-bond acceptors (Lipinski definition) is 4. The fourth-order valence-electron chi connectivity index (χ4n) is 1.39. The van der Waals surface area contributed by atoms with Crippen LogP contribution >= 0.6 is 11.6 Å². The summed E-state index contributed by atoms with van der Waals surface area (Å²) in [5.41, 5.74) is 0. The molecule has 0 fully saturated rings. The molecule has 94 valence electrons. The van der Waals surface area contributed by atoms with Gasteiger partial charge in [0, 0.05) is 0 Å². The Balaban J connectivity index is 2.98. The van der Waals surface area contributed by atoms with Gasteiger partial charge in [-0.3, -0.25) is 4.79 Å². The van der Waals surface area contributed by atoms with Crippen molar-refractivity contribution in [3.05, 3.63) is 29.3 Å². The van der Waals surface area contributed by atoms with Gasteiger partial charge in [0.05, 0.1) is 28.7 Å². The Bertz CT molecular complexity index is 510. The molecule has 0 aliphatic rings. The minimum Gasteiger partial charge on any atom is -0.469 e. The highest BCUT2D eigenvalue weighted by Crippen LogP contribution is 2.23. The molecule has 1 aromatic rings. The Morgan fingerprint density at radius 2 is 2.00 bits per heavy atom. The van der Waals surface area contributed by atoms with Gasteiger partial charge in [0.2, 0.25) is 0 Å². The molecule has 0 saturated heterocycles. The number of halogens is 1. The van der Waals surface area contributed by atoms with Crippen molar-refractivity contribution in [3.63, 3.8) is 0 Å². The van der Waals surface area contributed by atoms with Crippen LogP contribution in [0.5, 0.6) is 0 Å². The van der Waals surface area contributed by atoms with Crippen molar-refractivity contribution in [2.24, 2.45) is 5.92 Å². The van der Waals surface area contributed by atoms with E-state index in [0.717, 1.165) is 0 Å². The molecule has 1 atom stereocenters. The minimum atomic E-state index is -3.58. The smallest absolute Gasteiger partial charge is 0.309 e. The van der Waals surface area contributed by atoms with Gasteiger partial charge in [-0.1, -0.05) is 30.7 Å². The summed E-state index contributed by atoms with van der Waals surface area (Å²) in [6.07, 6.45) is 0. The second-order valence-corrected chi connectivity index (χ2v) is 6.05. The maximum absolute atomic E-state index is 12.0. The molecule has 0 N–H and O–H groups in total. The first-order valence-corrected chi connectivity index (χ1v) is 6.96. The summed E-state index contributed by atoms with van der Waals surface area (Å²) >= 11 is 5.81. The molecule has 0 saturated carbocycles. The van der Waals surface area contributed by atoms with Gasteiger partial charge in [-0.15, -0.1) is 0 Å². The number of sulfone groups is 1. The Labute approximate surface area is 105 Å². The Morgan fingerprint density at radius 3 is 2.53 bits per heavy atom. The van der Waals surface area contributed by atoms with Crippen molar-refractivity contribution in [2.45, 2.75) is 11.8 Å². The molecule has 0 aliphatic heterocycles. The number of benzene rings is 1. The van der Waals surface area contributed by atoms with E-state index in [0.29, 0.717) is 0 Å². The fraction of sp³-hybridized carbons (Fsp3) is 0.364. The van der Waals surface area contributed by atoms with Crippen LogP contribution in [0.25, 0.3) is 0 Å². The molecule has 0 bridgehead atoms. The van der Waals surface area contributed by atoms with Crippen LogP contribution in [0.15, 0.2) is 29.2 Å². The van der Waals surface area contributed by atoms with Gasteiger partial charge < -0.3 is 4.74 Å². The third-order valence-electron chi connectivity index (χ3n) is 2.24. The predicted octanol–water partition coefficient (Wildman–Crippen LogP) is 1.92. The van der Waals surface area contributed by atoms with E-state index in [1.54, 1.807) is 12.1 Å². The lowest BCUT2D eigenvalue weighted by molar-refractivity contribution is -0.144. The summed E-state index contributed by atoms with van der Waals surface area (Å²) in [7, 11) is -2.35. The third-order valence-corrected chi connectivity index (χ3v) is 4.65. The van der Waals surface area contributed by atoms with Crippen LogP contribution < -0.4 is 0 Å². The van der Waals surface area contributed by atoms with Crippen molar-refractivity contribution < 1.29 is 17.9 Å². The van der Waals surface area contributed by atoms with Gasteiger partial charge in [0.25, 0.3) is 0 Å². The second-order valence-electron chi connectivity index (χ2n) is 3.64. The monoisotopic (exact) mass is 276 g/mol. The van der Waals surface area contributed by atoms with Gasteiger partial charge in [0.1, 0.15) is 0 Å². The molecular weight excluding hydrogens is 264 g/mol. The zero-order valence-electron chi connectivity index (χ0n) is 9.51. The van der Waals surface area contributed by atoms with E-state index in [1.165, 1.54) is 26.2 Å². The first-order valence-electron chi connectivity index (χ1n) is 4.93. The molecule has 0 spiro atoms. The first-order chi connectivity index (χ1) is 7.88. The number of carbonyl (C=O) groups is 1. The Morgan fingerprint density at radius 1 is 1.41 bits per heavy atom. The van der Waals surface area contributed by atoms with Crippen LogP contribution in [0, 0.1) is 5.92 Å².